The van der Waals surface area contributed by atoms with Gasteiger partial charge in [-0.05, 0) is 24.1 Å². The zero-order valence-corrected chi connectivity index (χ0v) is 18.3. The lowest BCUT2D eigenvalue weighted by atomic mass is 10.1. The molecule has 0 spiro atoms. The van der Waals surface area contributed by atoms with Gasteiger partial charge in [0, 0.05) is 5.56 Å². The number of rotatable bonds is 10. The Morgan fingerprint density at radius 1 is 0.818 bits per heavy atom. The van der Waals surface area contributed by atoms with Gasteiger partial charge in [-0.15, -0.1) is 0 Å². The van der Waals surface area contributed by atoms with E-state index >= 15 is 0 Å². The van der Waals surface area contributed by atoms with Gasteiger partial charge in [0.25, 0.3) is 0 Å². The number of nitrogens with zero attached hydrogens (tertiary/aromatic N) is 1. The van der Waals surface area contributed by atoms with Crippen LogP contribution in [-0.2, 0) is 34.1 Å². The molecule has 0 aliphatic carbocycles. The second kappa shape index (κ2) is 11.8. The Labute approximate surface area is 192 Å². The van der Waals surface area contributed by atoms with Crippen LogP contribution in [-0.4, -0.2) is 34.4 Å². The highest BCUT2D eigenvalue weighted by atomic mass is 16.6. The van der Waals surface area contributed by atoms with E-state index in [2.05, 4.69) is 0 Å². The second-order valence-corrected chi connectivity index (χ2v) is 7.54. The number of para-hydroxylation sites is 1. The molecule has 0 bridgehead atoms. The molecule has 3 aromatic carbocycles. The predicted molar refractivity (Wildman–Crippen MR) is 124 cm³/mol. The van der Waals surface area contributed by atoms with Gasteiger partial charge in [-0.2, -0.15) is 0 Å². The molecule has 0 unspecified atom stereocenters. The van der Waals surface area contributed by atoms with Crippen LogP contribution in [0.25, 0.3) is 0 Å². The van der Waals surface area contributed by atoms with Crippen LogP contribution in [0.5, 0.6) is 0 Å². The summed E-state index contributed by atoms with van der Waals surface area (Å²) in [5.74, 6) is -1.35. The summed E-state index contributed by atoms with van der Waals surface area (Å²) in [4.78, 5) is 26.1. The average molecular weight is 450 g/mol. The summed E-state index contributed by atoms with van der Waals surface area (Å²) in [7, 11) is 0. The first-order valence-electron chi connectivity index (χ1n) is 10.6. The zero-order chi connectivity index (χ0) is 23.6. The Hall–Kier alpha value is -3.68. The van der Waals surface area contributed by atoms with E-state index in [-0.39, 0.29) is 13.2 Å². The van der Waals surface area contributed by atoms with Gasteiger partial charge in [-0.3, -0.25) is 4.90 Å². The van der Waals surface area contributed by atoms with Crippen LogP contribution >= 0.6 is 0 Å². The Balaban J connectivity index is 1.84. The minimum atomic E-state index is -1.54. The number of amides is 1. The molecule has 1 amide bonds. The summed E-state index contributed by atoms with van der Waals surface area (Å²) < 4.78 is 11.2. The molecule has 3 rings (SSSR count). The molecular weight excluding hydrogens is 422 g/mol. The molecule has 0 aliphatic rings. The SMILES string of the molecule is C[C@@H](O)[C@@H](C(=O)O)N(C(=O)OCc1ccccc1)c1ccccc1COCc1ccccc1. The predicted octanol–water partition coefficient (Wildman–Crippen LogP) is 4.38. The zero-order valence-electron chi connectivity index (χ0n) is 18.3. The maximum Gasteiger partial charge on any atom is 0.415 e. The van der Waals surface area contributed by atoms with Crippen molar-refractivity contribution < 1.29 is 29.3 Å². The lowest BCUT2D eigenvalue weighted by Crippen LogP contribution is -2.51. The van der Waals surface area contributed by atoms with E-state index in [1.165, 1.54) is 6.92 Å². The molecule has 33 heavy (non-hydrogen) atoms. The van der Waals surface area contributed by atoms with Crippen molar-refractivity contribution in [3.63, 3.8) is 0 Å². The number of benzene rings is 3. The quantitative estimate of drug-likeness (QED) is 0.477. The van der Waals surface area contributed by atoms with Crippen LogP contribution in [0.2, 0.25) is 0 Å². The van der Waals surface area contributed by atoms with Crippen LogP contribution < -0.4 is 4.90 Å². The van der Waals surface area contributed by atoms with Crippen LogP contribution in [0.3, 0.4) is 0 Å². The number of hydrogen-bond donors (Lipinski definition) is 2. The molecule has 0 aromatic heterocycles. The number of aliphatic hydroxyl groups is 1. The first-order valence-corrected chi connectivity index (χ1v) is 10.6. The van der Waals surface area contributed by atoms with E-state index in [0.717, 1.165) is 16.0 Å². The maximum atomic E-state index is 13.1. The van der Waals surface area contributed by atoms with Crippen molar-refractivity contribution in [1.29, 1.82) is 0 Å². The monoisotopic (exact) mass is 449 g/mol. The number of hydrogen-bond acceptors (Lipinski definition) is 5. The van der Waals surface area contributed by atoms with Crippen molar-refractivity contribution >= 4 is 17.7 Å². The molecule has 172 valence electrons. The Morgan fingerprint density at radius 2 is 1.36 bits per heavy atom. The molecule has 0 heterocycles. The number of carbonyl (C=O) groups is 2. The van der Waals surface area contributed by atoms with Gasteiger partial charge in [0.2, 0.25) is 0 Å². The van der Waals surface area contributed by atoms with Gasteiger partial charge < -0.3 is 19.7 Å². The lowest BCUT2D eigenvalue weighted by Gasteiger charge is -2.31. The smallest absolute Gasteiger partial charge is 0.415 e. The summed E-state index contributed by atoms with van der Waals surface area (Å²) >= 11 is 0. The third-order valence-corrected chi connectivity index (χ3v) is 5.01. The summed E-state index contributed by atoms with van der Waals surface area (Å²) in [5.41, 5.74) is 2.64. The third kappa shape index (κ3) is 6.65. The Morgan fingerprint density at radius 3 is 1.94 bits per heavy atom. The van der Waals surface area contributed by atoms with Gasteiger partial charge in [0.15, 0.2) is 6.04 Å². The number of carbonyl (C=O) groups excluding carboxylic acids is 1. The summed E-state index contributed by atoms with van der Waals surface area (Å²) in [5, 5.41) is 20.0. The topological polar surface area (TPSA) is 96.3 Å². The minimum absolute atomic E-state index is 0.0327. The van der Waals surface area contributed by atoms with Crippen molar-refractivity contribution in [2.24, 2.45) is 0 Å². The molecule has 3 aromatic rings. The molecule has 0 saturated carbocycles. The number of anilines is 1. The van der Waals surface area contributed by atoms with Crippen LogP contribution in [0, 0.1) is 0 Å². The van der Waals surface area contributed by atoms with Gasteiger partial charge >= 0.3 is 12.1 Å². The fourth-order valence-corrected chi connectivity index (χ4v) is 3.40. The van der Waals surface area contributed by atoms with E-state index in [4.69, 9.17) is 9.47 Å². The van der Waals surface area contributed by atoms with Gasteiger partial charge in [-0.25, -0.2) is 9.59 Å². The third-order valence-electron chi connectivity index (χ3n) is 5.01. The van der Waals surface area contributed by atoms with E-state index in [1.54, 1.807) is 36.4 Å². The number of carboxylic acid groups (broad SMARTS) is 1. The molecule has 7 heteroatoms. The normalized spacial score (nSPS) is 12.5. The van der Waals surface area contributed by atoms with Gasteiger partial charge in [0.05, 0.1) is 25.0 Å². The second-order valence-electron chi connectivity index (χ2n) is 7.54. The molecule has 2 N–H and O–H groups in total. The van der Waals surface area contributed by atoms with Crippen molar-refractivity contribution in [2.45, 2.75) is 38.9 Å². The molecular formula is C26H27NO6. The number of aliphatic hydroxyl groups excluding tert-OH is 1. The number of ether oxygens (including phenoxy) is 2. The summed E-state index contributed by atoms with van der Waals surface area (Å²) in [6, 6.07) is 24.0. The molecule has 0 saturated heterocycles. The largest absolute Gasteiger partial charge is 0.480 e. The maximum absolute atomic E-state index is 13.1. The van der Waals surface area contributed by atoms with Crippen molar-refractivity contribution in [1.82, 2.24) is 0 Å². The summed E-state index contributed by atoms with van der Waals surface area (Å²) in [6.45, 7) is 1.78. The minimum Gasteiger partial charge on any atom is -0.480 e. The van der Waals surface area contributed by atoms with Crippen molar-refractivity contribution in [3.8, 4) is 0 Å². The van der Waals surface area contributed by atoms with E-state index in [1.807, 2.05) is 48.5 Å². The molecule has 0 radical (unpaired) electrons. The van der Waals surface area contributed by atoms with E-state index in [0.29, 0.717) is 17.9 Å². The fourth-order valence-electron chi connectivity index (χ4n) is 3.40. The van der Waals surface area contributed by atoms with E-state index < -0.39 is 24.2 Å². The molecule has 0 fully saturated rings. The molecule has 7 nitrogen and oxygen atoms in total. The Bertz CT molecular complexity index is 1040. The van der Waals surface area contributed by atoms with Crippen molar-refractivity contribution in [2.75, 3.05) is 4.90 Å². The highest BCUT2D eigenvalue weighted by Crippen LogP contribution is 2.26. The Kier molecular flexibility index (Phi) is 8.57. The average Bonchev–Trinajstić information content (AvgIpc) is 2.82. The molecule has 2 atom stereocenters. The van der Waals surface area contributed by atoms with Gasteiger partial charge in [0.1, 0.15) is 6.61 Å². The van der Waals surface area contributed by atoms with Gasteiger partial charge in [-0.1, -0.05) is 78.9 Å². The lowest BCUT2D eigenvalue weighted by molar-refractivity contribution is -0.141. The molecule has 0 aliphatic heterocycles. The van der Waals surface area contributed by atoms with Crippen molar-refractivity contribution in [3.05, 3.63) is 102 Å². The van der Waals surface area contributed by atoms with Crippen LogP contribution in [0.15, 0.2) is 84.9 Å². The number of carboxylic acids is 1. The number of aliphatic carboxylic acids is 1. The highest BCUT2D eigenvalue weighted by Gasteiger charge is 2.37. The highest BCUT2D eigenvalue weighted by molar-refractivity contribution is 5.96. The van der Waals surface area contributed by atoms with Crippen LogP contribution in [0.4, 0.5) is 10.5 Å². The first kappa shape index (κ1) is 24.0. The fraction of sp³-hybridized carbons (Fsp3) is 0.231. The van der Waals surface area contributed by atoms with Crippen LogP contribution in [0.1, 0.15) is 23.6 Å². The van der Waals surface area contributed by atoms with E-state index in [9.17, 15) is 19.8 Å². The summed E-state index contributed by atoms with van der Waals surface area (Å²) in [6.07, 6.45) is -2.22. The standard InChI is InChI=1S/C26H27NO6/c1-19(28)24(25(29)30)27(26(31)33-17-21-12-6-3-7-13-21)23-15-9-8-14-22(23)18-32-16-20-10-4-2-5-11-20/h2-15,19,24,28H,16-18H2,1H3,(H,29,30)/t19-,24+/m1/s1. The first-order chi connectivity index (χ1) is 16.0.